The zero-order valence-electron chi connectivity index (χ0n) is 8.29. The van der Waals surface area contributed by atoms with Crippen molar-refractivity contribution in [1.82, 2.24) is 4.98 Å². The van der Waals surface area contributed by atoms with E-state index in [-0.39, 0.29) is 5.84 Å². The van der Waals surface area contributed by atoms with Crippen molar-refractivity contribution in [3.8, 4) is 0 Å². The van der Waals surface area contributed by atoms with Crippen LogP contribution in [0.4, 0.5) is 0 Å². The molecule has 0 bridgehead atoms. The van der Waals surface area contributed by atoms with Gasteiger partial charge >= 0.3 is 0 Å². The zero-order chi connectivity index (χ0) is 10.4. The Bertz CT molecular complexity index is 295. The quantitative estimate of drug-likeness (QED) is 0.338. The number of nitrogens with one attached hydrogen (secondary N) is 1. The second-order valence-electron chi connectivity index (χ2n) is 3.00. The molecule has 0 fully saturated rings. The summed E-state index contributed by atoms with van der Waals surface area (Å²) >= 11 is 1.74. The fourth-order valence-electron chi connectivity index (χ4n) is 0.946. The molecule has 1 aromatic heterocycles. The number of aromatic nitrogens is 1. The van der Waals surface area contributed by atoms with Crippen LogP contribution in [0.15, 0.2) is 23.4 Å². The molecule has 0 aliphatic rings. The second-order valence-corrected chi connectivity index (χ2v) is 4.12. The van der Waals surface area contributed by atoms with Crippen LogP contribution in [0.5, 0.6) is 0 Å². The van der Waals surface area contributed by atoms with E-state index in [0.29, 0.717) is 5.56 Å². The highest BCUT2D eigenvalue weighted by Crippen LogP contribution is 2.16. The standard InChI is InChI=1S/C10H15N3S/c1-2-3-6-14-9-5-4-8(7-13-9)10(11)12/h4-5,7H,2-3,6H2,1H3,(H3,11,12). The molecule has 0 radical (unpaired) electrons. The molecule has 0 aromatic carbocycles. The van der Waals surface area contributed by atoms with Crippen molar-refractivity contribution in [3.63, 3.8) is 0 Å². The van der Waals surface area contributed by atoms with Crippen molar-refractivity contribution in [1.29, 1.82) is 5.41 Å². The summed E-state index contributed by atoms with van der Waals surface area (Å²) in [7, 11) is 0. The summed E-state index contributed by atoms with van der Waals surface area (Å²) in [4.78, 5) is 4.21. The highest BCUT2D eigenvalue weighted by Gasteiger charge is 1.98. The third-order valence-corrected chi connectivity index (χ3v) is 2.83. The maximum atomic E-state index is 7.20. The zero-order valence-corrected chi connectivity index (χ0v) is 9.10. The number of nitrogens with zero attached hydrogens (tertiary/aromatic N) is 1. The van der Waals surface area contributed by atoms with Crippen LogP contribution in [0.3, 0.4) is 0 Å². The van der Waals surface area contributed by atoms with Crippen LogP contribution in [0.25, 0.3) is 0 Å². The molecule has 3 nitrogen and oxygen atoms in total. The van der Waals surface area contributed by atoms with Gasteiger partial charge in [-0.25, -0.2) is 4.98 Å². The van der Waals surface area contributed by atoms with Gasteiger partial charge in [-0.1, -0.05) is 13.3 Å². The first-order valence-corrected chi connectivity index (χ1v) is 5.66. The molecular formula is C10H15N3S. The molecule has 1 aromatic rings. The maximum absolute atomic E-state index is 7.20. The van der Waals surface area contributed by atoms with E-state index in [1.165, 1.54) is 12.8 Å². The monoisotopic (exact) mass is 209 g/mol. The molecule has 0 saturated heterocycles. The van der Waals surface area contributed by atoms with Crippen molar-refractivity contribution < 1.29 is 0 Å². The van der Waals surface area contributed by atoms with E-state index >= 15 is 0 Å². The molecule has 0 atom stereocenters. The van der Waals surface area contributed by atoms with Gasteiger partial charge in [-0.2, -0.15) is 0 Å². The van der Waals surface area contributed by atoms with E-state index in [0.717, 1.165) is 10.8 Å². The Morgan fingerprint density at radius 3 is 2.86 bits per heavy atom. The molecule has 4 heteroatoms. The van der Waals surface area contributed by atoms with E-state index in [4.69, 9.17) is 11.1 Å². The Morgan fingerprint density at radius 1 is 1.57 bits per heavy atom. The average Bonchev–Trinajstić information content (AvgIpc) is 2.19. The van der Waals surface area contributed by atoms with Crippen LogP contribution in [0.2, 0.25) is 0 Å². The molecule has 14 heavy (non-hydrogen) atoms. The summed E-state index contributed by atoms with van der Waals surface area (Å²) in [5.41, 5.74) is 6.01. The Morgan fingerprint density at radius 2 is 2.36 bits per heavy atom. The number of rotatable bonds is 5. The molecule has 1 rings (SSSR count). The molecule has 0 aliphatic heterocycles. The minimum absolute atomic E-state index is 0.0719. The number of unbranched alkanes of at least 4 members (excludes halogenated alkanes) is 1. The maximum Gasteiger partial charge on any atom is 0.124 e. The molecule has 76 valence electrons. The van der Waals surface area contributed by atoms with E-state index in [9.17, 15) is 0 Å². The number of thioether (sulfide) groups is 1. The SMILES string of the molecule is CCCCSc1ccc(C(=N)N)cn1. The summed E-state index contributed by atoms with van der Waals surface area (Å²) < 4.78 is 0. The topological polar surface area (TPSA) is 62.8 Å². The molecule has 1 heterocycles. The largest absolute Gasteiger partial charge is 0.384 e. The van der Waals surface area contributed by atoms with Crippen LogP contribution in [-0.4, -0.2) is 16.6 Å². The van der Waals surface area contributed by atoms with Crippen molar-refractivity contribution in [2.45, 2.75) is 24.8 Å². The van der Waals surface area contributed by atoms with Gasteiger partial charge in [-0.15, -0.1) is 11.8 Å². The summed E-state index contributed by atoms with van der Waals surface area (Å²) in [6.45, 7) is 2.17. The molecule has 0 amide bonds. The van der Waals surface area contributed by atoms with E-state index in [1.54, 1.807) is 18.0 Å². The van der Waals surface area contributed by atoms with Gasteiger partial charge in [-0.3, -0.25) is 5.41 Å². The molecule has 0 saturated carbocycles. The number of pyridine rings is 1. The second kappa shape index (κ2) is 5.65. The minimum Gasteiger partial charge on any atom is -0.384 e. The minimum atomic E-state index is 0.0719. The lowest BCUT2D eigenvalue weighted by Crippen LogP contribution is -2.11. The first kappa shape index (κ1) is 11.0. The van der Waals surface area contributed by atoms with Crippen molar-refractivity contribution in [2.24, 2.45) is 5.73 Å². The molecule has 0 aliphatic carbocycles. The summed E-state index contributed by atoms with van der Waals surface area (Å²) in [5, 5.41) is 8.21. The van der Waals surface area contributed by atoms with Crippen LogP contribution < -0.4 is 5.73 Å². The number of nitrogen functional groups attached to an aromatic ring is 1. The van der Waals surface area contributed by atoms with Gasteiger partial charge in [0.2, 0.25) is 0 Å². The van der Waals surface area contributed by atoms with Gasteiger partial charge < -0.3 is 5.73 Å². The van der Waals surface area contributed by atoms with Gasteiger partial charge in [0.15, 0.2) is 0 Å². The third-order valence-electron chi connectivity index (χ3n) is 1.80. The van der Waals surface area contributed by atoms with Gasteiger partial charge in [0.25, 0.3) is 0 Å². The molecule has 0 spiro atoms. The van der Waals surface area contributed by atoms with Crippen molar-refractivity contribution in [3.05, 3.63) is 23.9 Å². The highest BCUT2D eigenvalue weighted by atomic mass is 32.2. The van der Waals surface area contributed by atoms with Crippen LogP contribution in [0.1, 0.15) is 25.3 Å². The lowest BCUT2D eigenvalue weighted by Gasteiger charge is -2.01. The number of nitrogens with two attached hydrogens (primary N) is 1. The first-order valence-electron chi connectivity index (χ1n) is 4.67. The lowest BCUT2D eigenvalue weighted by molar-refractivity contribution is 0.894. The smallest absolute Gasteiger partial charge is 0.124 e. The Kier molecular flexibility index (Phi) is 4.46. The fraction of sp³-hybridized carbons (Fsp3) is 0.400. The van der Waals surface area contributed by atoms with Gasteiger partial charge in [-0.05, 0) is 24.3 Å². The Balaban J connectivity index is 2.51. The number of hydrogen-bond donors (Lipinski definition) is 2. The summed E-state index contributed by atoms with van der Waals surface area (Å²) in [5.74, 6) is 1.17. The lowest BCUT2D eigenvalue weighted by atomic mass is 10.3. The number of amidine groups is 1. The van der Waals surface area contributed by atoms with Gasteiger partial charge in [0, 0.05) is 11.8 Å². The predicted octanol–water partition coefficient (Wildman–Crippen LogP) is 2.26. The van der Waals surface area contributed by atoms with Gasteiger partial charge in [0.05, 0.1) is 5.03 Å². The summed E-state index contributed by atoms with van der Waals surface area (Å²) in [6.07, 6.45) is 4.07. The predicted molar refractivity (Wildman–Crippen MR) is 60.9 cm³/mol. The molecular weight excluding hydrogens is 194 g/mol. The van der Waals surface area contributed by atoms with E-state index in [1.807, 2.05) is 12.1 Å². The first-order chi connectivity index (χ1) is 6.74. The Hall–Kier alpha value is -1.03. The normalized spacial score (nSPS) is 10.1. The van der Waals surface area contributed by atoms with Crippen molar-refractivity contribution in [2.75, 3.05) is 5.75 Å². The van der Waals surface area contributed by atoms with E-state index < -0.39 is 0 Å². The summed E-state index contributed by atoms with van der Waals surface area (Å²) in [6, 6.07) is 3.75. The Labute approximate surface area is 88.6 Å². The van der Waals surface area contributed by atoms with Crippen LogP contribution in [0, 0.1) is 5.41 Å². The number of hydrogen-bond acceptors (Lipinski definition) is 3. The highest BCUT2D eigenvalue weighted by molar-refractivity contribution is 7.99. The van der Waals surface area contributed by atoms with Gasteiger partial charge in [0.1, 0.15) is 5.84 Å². The molecule has 0 unspecified atom stereocenters. The van der Waals surface area contributed by atoms with Crippen LogP contribution in [-0.2, 0) is 0 Å². The van der Waals surface area contributed by atoms with Crippen LogP contribution >= 0.6 is 11.8 Å². The van der Waals surface area contributed by atoms with E-state index in [2.05, 4.69) is 11.9 Å². The average molecular weight is 209 g/mol. The fourth-order valence-corrected chi connectivity index (χ4v) is 1.88. The molecule has 3 N–H and O–H groups in total. The third kappa shape index (κ3) is 3.38. The van der Waals surface area contributed by atoms with Crippen molar-refractivity contribution >= 4 is 17.6 Å².